The summed E-state index contributed by atoms with van der Waals surface area (Å²) in [5.41, 5.74) is 1.18. The zero-order chi connectivity index (χ0) is 13.6. The molecule has 3 rings (SSSR count). The first kappa shape index (κ1) is 11.6. The van der Waals surface area contributed by atoms with Crippen molar-refractivity contribution < 1.29 is 14.4 Å². The van der Waals surface area contributed by atoms with Gasteiger partial charge in [-0.25, -0.2) is 0 Å². The Morgan fingerprint density at radius 2 is 1.74 bits per heavy atom. The van der Waals surface area contributed by atoms with E-state index in [1.54, 1.807) is 29.2 Å². The third-order valence-corrected chi connectivity index (χ3v) is 3.39. The van der Waals surface area contributed by atoms with E-state index in [1.807, 2.05) is 6.92 Å². The van der Waals surface area contributed by atoms with Crippen LogP contribution in [-0.2, 0) is 4.79 Å². The number of fused-ring (bicyclic) bond motifs is 1. The fourth-order valence-corrected chi connectivity index (χ4v) is 2.48. The number of nitrogens with one attached hydrogen (secondary N) is 1. The minimum Gasteiger partial charge on any atom is -0.358 e. The van der Waals surface area contributed by atoms with Crippen LogP contribution < -0.4 is 5.32 Å². The average Bonchev–Trinajstić information content (AvgIpc) is 2.43. The highest BCUT2D eigenvalue weighted by Gasteiger charge is 2.38. The van der Waals surface area contributed by atoms with E-state index in [4.69, 9.17) is 0 Å². The van der Waals surface area contributed by atoms with Crippen LogP contribution in [0, 0.1) is 0 Å². The van der Waals surface area contributed by atoms with Crippen molar-refractivity contribution in [3.8, 4) is 0 Å². The van der Waals surface area contributed by atoms with Crippen LogP contribution in [0.3, 0.4) is 0 Å². The third kappa shape index (κ3) is 1.58. The van der Waals surface area contributed by atoms with Gasteiger partial charge in [-0.2, -0.15) is 0 Å². The smallest absolute Gasteiger partial charge is 0.244 e. The predicted molar refractivity (Wildman–Crippen MR) is 67.5 cm³/mol. The molecular formula is C14H12N2O3. The first-order valence-corrected chi connectivity index (χ1v) is 6.11. The van der Waals surface area contributed by atoms with Crippen molar-refractivity contribution in [2.75, 3.05) is 13.1 Å². The molecule has 1 aliphatic carbocycles. The lowest BCUT2D eigenvalue weighted by Crippen LogP contribution is -2.49. The number of carbonyl (C=O) groups is 3. The van der Waals surface area contributed by atoms with Crippen LogP contribution in [0.1, 0.15) is 27.6 Å². The SMILES string of the molecule is CCN1CC(=O)NC2=C1C(=O)c1ccccc1C2=O. The van der Waals surface area contributed by atoms with Crippen LogP contribution in [0.25, 0.3) is 0 Å². The van der Waals surface area contributed by atoms with E-state index in [0.717, 1.165) is 0 Å². The van der Waals surface area contributed by atoms with Gasteiger partial charge in [-0.1, -0.05) is 24.3 Å². The van der Waals surface area contributed by atoms with Crippen molar-refractivity contribution in [1.29, 1.82) is 0 Å². The number of carbonyl (C=O) groups excluding carboxylic acids is 3. The molecule has 1 aromatic rings. The molecule has 0 spiro atoms. The second kappa shape index (κ2) is 4.05. The lowest BCUT2D eigenvalue weighted by Gasteiger charge is -2.33. The van der Waals surface area contributed by atoms with E-state index in [-0.39, 0.29) is 29.7 Å². The highest BCUT2D eigenvalue weighted by atomic mass is 16.2. The lowest BCUT2D eigenvalue weighted by atomic mass is 9.89. The van der Waals surface area contributed by atoms with E-state index >= 15 is 0 Å². The van der Waals surface area contributed by atoms with Crippen LogP contribution in [-0.4, -0.2) is 35.5 Å². The minimum atomic E-state index is -0.295. The number of hydrogen-bond donors (Lipinski definition) is 1. The first-order valence-electron chi connectivity index (χ1n) is 6.11. The number of Topliss-reactive ketones (excluding diaryl/α,β-unsaturated/α-hetero) is 2. The van der Waals surface area contributed by atoms with Gasteiger partial charge in [0.15, 0.2) is 0 Å². The molecule has 96 valence electrons. The Morgan fingerprint density at radius 1 is 1.11 bits per heavy atom. The Labute approximate surface area is 109 Å². The molecule has 1 amide bonds. The van der Waals surface area contributed by atoms with Crippen LogP contribution in [0.5, 0.6) is 0 Å². The number of hydrogen-bond acceptors (Lipinski definition) is 4. The standard InChI is InChI=1S/C14H12N2O3/c1-2-16-7-10(17)15-11-12(16)14(19)9-6-4-3-5-8(9)13(11)18/h3-6H,2,7H2,1H3,(H,15,17). The van der Waals surface area contributed by atoms with Gasteiger partial charge in [0, 0.05) is 17.7 Å². The van der Waals surface area contributed by atoms with Gasteiger partial charge in [-0.05, 0) is 6.92 Å². The van der Waals surface area contributed by atoms with Crippen LogP contribution in [0.2, 0.25) is 0 Å². The number of rotatable bonds is 1. The Hall–Kier alpha value is -2.43. The summed E-state index contributed by atoms with van der Waals surface area (Å²) in [6.07, 6.45) is 0. The van der Waals surface area contributed by atoms with Crippen molar-refractivity contribution in [3.63, 3.8) is 0 Å². The van der Waals surface area contributed by atoms with Gasteiger partial charge in [0.2, 0.25) is 17.5 Å². The summed E-state index contributed by atoms with van der Waals surface area (Å²) in [6, 6.07) is 6.69. The molecule has 5 heteroatoms. The highest BCUT2D eigenvalue weighted by Crippen LogP contribution is 2.28. The summed E-state index contributed by atoms with van der Waals surface area (Å²) < 4.78 is 0. The maximum Gasteiger partial charge on any atom is 0.244 e. The molecule has 0 radical (unpaired) electrons. The first-order chi connectivity index (χ1) is 9.13. The monoisotopic (exact) mass is 256 g/mol. The number of likely N-dealkylation sites (N-methyl/N-ethyl adjacent to an activating group) is 1. The van der Waals surface area contributed by atoms with Gasteiger partial charge in [0.1, 0.15) is 11.4 Å². The van der Waals surface area contributed by atoms with Crippen LogP contribution in [0.15, 0.2) is 35.7 Å². The van der Waals surface area contributed by atoms with E-state index in [0.29, 0.717) is 23.4 Å². The van der Waals surface area contributed by atoms with Gasteiger partial charge >= 0.3 is 0 Å². The summed E-state index contributed by atoms with van der Waals surface area (Å²) in [7, 11) is 0. The molecule has 0 fully saturated rings. The molecule has 0 atom stereocenters. The number of benzene rings is 1. The normalized spacial score (nSPS) is 18.2. The molecule has 1 aliphatic heterocycles. The summed E-state index contributed by atoms with van der Waals surface area (Å²) in [5, 5.41) is 2.53. The maximum absolute atomic E-state index is 12.5. The molecule has 0 saturated heterocycles. The van der Waals surface area contributed by atoms with Crippen LogP contribution in [0.4, 0.5) is 0 Å². The van der Waals surface area contributed by atoms with Crippen molar-refractivity contribution in [2.45, 2.75) is 6.92 Å². The lowest BCUT2D eigenvalue weighted by molar-refractivity contribution is -0.121. The molecule has 2 aliphatic rings. The second-order valence-electron chi connectivity index (χ2n) is 4.49. The van der Waals surface area contributed by atoms with Crippen molar-refractivity contribution in [1.82, 2.24) is 10.2 Å². The summed E-state index contributed by atoms with van der Waals surface area (Å²) >= 11 is 0. The van der Waals surface area contributed by atoms with E-state index in [9.17, 15) is 14.4 Å². The molecule has 19 heavy (non-hydrogen) atoms. The van der Waals surface area contributed by atoms with E-state index in [1.165, 1.54) is 0 Å². The fraction of sp³-hybridized carbons (Fsp3) is 0.214. The molecule has 0 aromatic heterocycles. The molecule has 0 unspecified atom stereocenters. The summed E-state index contributed by atoms with van der Waals surface area (Å²) in [6.45, 7) is 2.46. The number of allylic oxidation sites excluding steroid dienone is 2. The molecule has 5 nitrogen and oxygen atoms in total. The quantitative estimate of drug-likeness (QED) is 0.804. The van der Waals surface area contributed by atoms with Gasteiger partial charge in [-0.3, -0.25) is 14.4 Å². The zero-order valence-electron chi connectivity index (χ0n) is 10.4. The number of ketones is 2. The predicted octanol–water partition coefficient (Wildman–Crippen LogP) is 0.729. The van der Waals surface area contributed by atoms with E-state index in [2.05, 4.69) is 5.32 Å². The molecule has 1 heterocycles. The largest absolute Gasteiger partial charge is 0.358 e. The fourth-order valence-electron chi connectivity index (χ4n) is 2.48. The average molecular weight is 256 g/mol. The Morgan fingerprint density at radius 3 is 2.37 bits per heavy atom. The van der Waals surface area contributed by atoms with Gasteiger partial charge in [0.05, 0.1) is 6.54 Å². The summed E-state index contributed by atoms with van der Waals surface area (Å²) in [5.74, 6) is -0.759. The number of amides is 1. The van der Waals surface area contributed by atoms with Gasteiger partial charge in [0.25, 0.3) is 0 Å². The Bertz CT molecular complexity index is 646. The zero-order valence-corrected chi connectivity index (χ0v) is 10.4. The van der Waals surface area contributed by atoms with Crippen LogP contribution >= 0.6 is 0 Å². The van der Waals surface area contributed by atoms with E-state index < -0.39 is 0 Å². The van der Waals surface area contributed by atoms with Crippen molar-refractivity contribution in [3.05, 3.63) is 46.8 Å². The molecular weight excluding hydrogens is 244 g/mol. The second-order valence-corrected chi connectivity index (χ2v) is 4.49. The van der Waals surface area contributed by atoms with Crippen molar-refractivity contribution in [2.24, 2.45) is 0 Å². The summed E-state index contributed by atoms with van der Waals surface area (Å²) in [4.78, 5) is 38.1. The minimum absolute atomic E-state index is 0.108. The molecule has 0 bridgehead atoms. The van der Waals surface area contributed by atoms with Gasteiger partial charge in [-0.15, -0.1) is 0 Å². The molecule has 1 aromatic carbocycles. The number of nitrogens with zero attached hydrogens (tertiary/aromatic N) is 1. The third-order valence-electron chi connectivity index (χ3n) is 3.39. The maximum atomic E-state index is 12.5. The highest BCUT2D eigenvalue weighted by molar-refractivity contribution is 6.27. The molecule has 0 saturated carbocycles. The Kier molecular flexibility index (Phi) is 2.48. The van der Waals surface area contributed by atoms with Crippen molar-refractivity contribution >= 4 is 17.5 Å². The molecule has 1 N–H and O–H groups in total. The Balaban J connectivity index is 2.21. The van der Waals surface area contributed by atoms with Gasteiger partial charge < -0.3 is 10.2 Å². The topological polar surface area (TPSA) is 66.5 Å².